The smallest absolute Gasteiger partial charge is 0.155 e. The van der Waals surface area contributed by atoms with Crippen LogP contribution in [0.3, 0.4) is 0 Å². The summed E-state index contributed by atoms with van der Waals surface area (Å²) >= 11 is 1.83. The third kappa shape index (κ3) is 5.38. The molecule has 1 unspecified atom stereocenters. The van der Waals surface area contributed by atoms with Crippen LogP contribution in [0.1, 0.15) is 58.8 Å². The highest BCUT2D eigenvalue weighted by atomic mass is 32.2. The van der Waals surface area contributed by atoms with Crippen molar-refractivity contribution in [2.75, 3.05) is 6.26 Å². The maximum absolute atomic E-state index is 11.0. The highest BCUT2D eigenvalue weighted by Crippen LogP contribution is 2.36. The van der Waals surface area contributed by atoms with E-state index in [1.807, 2.05) is 18.7 Å². The monoisotopic (exact) mass is 268 g/mol. The van der Waals surface area contributed by atoms with Crippen molar-refractivity contribution in [1.82, 2.24) is 0 Å². The van der Waals surface area contributed by atoms with E-state index in [2.05, 4.69) is 13.2 Å². The largest absolute Gasteiger partial charge is 0.300 e. The van der Waals surface area contributed by atoms with Gasteiger partial charge in [0, 0.05) is 24.0 Å². The maximum Gasteiger partial charge on any atom is 0.155 e. The van der Waals surface area contributed by atoms with Crippen LogP contribution in [0.4, 0.5) is 0 Å². The highest BCUT2D eigenvalue weighted by Gasteiger charge is 2.29. The van der Waals surface area contributed by atoms with Crippen LogP contribution in [0.2, 0.25) is 0 Å². The van der Waals surface area contributed by atoms with Crippen LogP contribution >= 0.6 is 11.8 Å². The predicted molar refractivity (Wildman–Crippen MR) is 78.0 cm³/mol. The molecule has 0 aromatic carbocycles. The topological polar surface area (TPSA) is 34.1 Å². The Labute approximate surface area is 115 Å². The summed E-state index contributed by atoms with van der Waals surface area (Å²) in [5, 5.41) is 0. The quantitative estimate of drug-likeness (QED) is 0.722. The minimum absolute atomic E-state index is 0.259. The predicted octanol–water partition coefficient (Wildman–Crippen LogP) is 3.94. The molecule has 0 saturated heterocycles. The average molecular weight is 268 g/mol. The van der Waals surface area contributed by atoms with E-state index in [1.165, 1.54) is 12.0 Å². The molecular weight excluding hydrogens is 244 g/mol. The van der Waals surface area contributed by atoms with Crippen molar-refractivity contribution in [2.45, 2.75) is 63.5 Å². The first kappa shape index (κ1) is 15.5. The van der Waals surface area contributed by atoms with Gasteiger partial charge in [-0.3, -0.25) is 9.59 Å². The second kappa shape index (κ2) is 7.13. The number of carbonyl (C=O) groups excluding carboxylic acids is 2. The maximum atomic E-state index is 11.0. The van der Waals surface area contributed by atoms with Crippen molar-refractivity contribution in [3.8, 4) is 0 Å². The molecule has 0 aromatic rings. The molecule has 2 aliphatic carbocycles. The van der Waals surface area contributed by atoms with Crippen molar-refractivity contribution in [1.29, 1.82) is 0 Å². The van der Waals surface area contributed by atoms with Gasteiger partial charge in [-0.05, 0) is 44.9 Å². The second-order valence-electron chi connectivity index (χ2n) is 5.53. The van der Waals surface area contributed by atoms with E-state index in [0.29, 0.717) is 11.6 Å². The summed E-state index contributed by atoms with van der Waals surface area (Å²) in [7, 11) is 0. The third-order valence-electron chi connectivity index (χ3n) is 3.63. The summed E-state index contributed by atoms with van der Waals surface area (Å²) in [6.45, 7) is 4.20. The Hall–Kier alpha value is -0.570. The highest BCUT2D eigenvalue weighted by molar-refractivity contribution is 8.00. The molecular formula is C15H24O2S. The normalized spacial score (nSPS) is 28.3. The molecule has 0 bridgehead atoms. The fraction of sp³-hybridized carbons (Fsp3) is 0.733. The number of rotatable bonds is 1. The first-order valence-electron chi connectivity index (χ1n) is 6.72. The third-order valence-corrected chi connectivity index (χ3v) is 4.96. The van der Waals surface area contributed by atoms with E-state index < -0.39 is 0 Å². The Kier molecular flexibility index (Phi) is 6.13. The van der Waals surface area contributed by atoms with Crippen molar-refractivity contribution < 1.29 is 9.59 Å². The summed E-state index contributed by atoms with van der Waals surface area (Å²) in [5.41, 5.74) is 1.24. The lowest BCUT2D eigenvalue weighted by Gasteiger charge is -2.30. The zero-order chi connectivity index (χ0) is 13.6. The van der Waals surface area contributed by atoms with Gasteiger partial charge in [-0.15, -0.1) is 0 Å². The molecule has 0 heterocycles. The fourth-order valence-electron chi connectivity index (χ4n) is 2.39. The molecule has 0 aliphatic heterocycles. The molecule has 2 aliphatic rings. The van der Waals surface area contributed by atoms with Gasteiger partial charge < -0.3 is 0 Å². The van der Waals surface area contributed by atoms with Crippen LogP contribution in [-0.4, -0.2) is 22.6 Å². The van der Waals surface area contributed by atoms with Crippen molar-refractivity contribution in [3.05, 3.63) is 11.6 Å². The van der Waals surface area contributed by atoms with Gasteiger partial charge in [-0.2, -0.15) is 11.8 Å². The van der Waals surface area contributed by atoms with E-state index in [4.69, 9.17) is 0 Å². The molecule has 18 heavy (non-hydrogen) atoms. The summed E-state index contributed by atoms with van der Waals surface area (Å²) in [5.74, 6) is 0.747. The fourth-order valence-corrected chi connectivity index (χ4v) is 3.04. The van der Waals surface area contributed by atoms with Crippen molar-refractivity contribution in [2.24, 2.45) is 0 Å². The standard InChI is InChI=1S/C8H14OS.C7H10O/c1-8(10-2)5-3-4-7(9)6-8;1-6-3-2-4-7(8)5-6/h3-6H2,1-2H3;5H,2-4H2,1H3. The van der Waals surface area contributed by atoms with E-state index in [1.54, 1.807) is 6.08 Å². The zero-order valence-electron chi connectivity index (χ0n) is 11.8. The number of allylic oxidation sites excluding steroid dienone is 2. The van der Waals surface area contributed by atoms with Crippen LogP contribution in [-0.2, 0) is 9.59 Å². The molecule has 0 radical (unpaired) electrons. The van der Waals surface area contributed by atoms with Gasteiger partial charge in [0.2, 0.25) is 0 Å². The van der Waals surface area contributed by atoms with Crippen LogP contribution in [0.15, 0.2) is 11.6 Å². The van der Waals surface area contributed by atoms with Crippen LogP contribution in [0.5, 0.6) is 0 Å². The van der Waals surface area contributed by atoms with Crippen molar-refractivity contribution in [3.63, 3.8) is 0 Å². The van der Waals surface area contributed by atoms with Gasteiger partial charge >= 0.3 is 0 Å². The van der Waals surface area contributed by atoms with Gasteiger partial charge in [-0.25, -0.2) is 0 Å². The number of hydrogen-bond acceptors (Lipinski definition) is 3. The van der Waals surface area contributed by atoms with Gasteiger partial charge in [0.05, 0.1) is 0 Å². The molecule has 1 fully saturated rings. The van der Waals surface area contributed by atoms with Gasteiger partial charge in [0.25, 0.3) is 0 Å². The molecule has 1 atom stereocenters. The number of hydrogen-bond donors (Lipinski definition) is 0. The molecule has 102 valence electrons. The first-order valence-corrected chi connectivity index (χ1v) is 7.94. The van der Waals surface area contributed by atoms with Crippen LogP contribution in [0, 0.1) is 0 Å². The SMILES string of the molecule is CC1=CC(=O)CCC1.CSC1(C)CCCC(=O)C1. The second-order valence-corrected chi connectivity index (χ2v) is 6.93. The molecule has 1 saturated carbocycles. The summed E-state index contributed by atoms with van der Waals surface area (Å²) < 4.78 is 0.259. The number of Topliss-reactive ketones (excluding diaryl/α,β-unsaturated/α-hetero) is 1. The molecule has 3 heteroatoms. The molecule has 2 nitrogen and oxygen atoms in total. The first-order chi connectivity index (χ1) is 8.45. The van der Waals surface area contributed by atoms with Crippen LogP contribution in [0.25, 0.3) is 0 Å². The number of thioether (sulfide) groups is 1. The summed E-state index contributed by atoms with van der Waals surface area (Å²) in [6.07, 6.45) is 10.7. The van der Waals surface area contributed by atoms with E-state index in [-0.39, 0.29) is 4.75 Å². The van der Waals surface area contributed by atoms with Crippen molar-refractivity contribution >= 4 is 23.3 Å². The summed E-state index contributed by atoms with van der Waals surface area (Å²) in [6, 6.07) is 0. The lowest BCUT2D eigenvalue weighted by molar-refractivity contribution is -0.120. The van der Waals surface area contributed by atoms with Gasteiger partial charge in [0.1, 0.15) is 5.78 Å². The van der Waals surface area contributed by atoms with Crippen LogP contribution < -0.4 is 0 Å². The molecule has 0 N–H and O–H groups in total. The molecule has 0 spiro atoms. The lowest BCUT2D eigenvalue weighted by atomic mass is 9.89. The Morgan fingerprint density at radius 2 is 1.89 bits per heavy atom. The molecule has 0 aromatic heterocycles. The average Bonchev–Trinajstić information content (AvgIpc) is 2.29. The Morgan fingerprint density at radius 1 is 1.17 bits per heavy atom. The summed E-state index contributed by atoms with van der Waals surface area (Å²) in [4.78, 5) is 21.6. The van der Waals surface area contributed by atoms with Gasteiger partial charge in [0.15, 0.2) is 5.78 Å². The molecule has 2 rings (SSSR count). The van der Waals surface area contributed by atoms with E-state index in [0.717, 1.165) is 38.5 Å². The Morgan fingerprint density at radius 3 is 2.28 bits per heavy atom. The van der Waals surface area contributed by atoms with E-state index in [9.17, 15) is 9.59 Å². The van der Waals surface area contributed by atoms with Gasteiger partial charge in [-0.1, -0.05) is 12.5 Å². The Balaban J connectivity index is 0.000000184. The van der Waals surface area contributed by atoms with E-state index >= 15 is 0 Å². The number of ketones is 2. The number of carbonyl (C=O) groups is 2. The lowest BCUT2D eigenvalue weighted by Crippen LogP contribution is -2.28. The minimum Gasteiger partial charge on any atom is -0.300 e. The Bertz CT molecular complexity index is 346. The minimum atomic E-state index is 0.259. The molecule has 0 amide bonds. The zero-order valence-corrected chi connectivity index (χ0v) is 12.6.